The fourth-order valence-electron chi connectivity index (χ4n) is 3.13. The Kier molecular flexibility index (Phi) is 5.03. The Morgan fingerprint density at radius 3 is 2.40 bits per heavy atom. The second-order valence-corrected chi connectivity index (χ2v) is 6.40. The molecule has 1 fully saturated rings. The third-order valence-corrected chi connectivity index (χ3v) is 4.48. The zero-order valence-corrected chi connectivity index (χ0v) is 14.6. The molecule has 2 aromatic rings. The number of para-hydroxylation sites is 2. The highest BCUT2D eigenvalue weighted by atomic mass is 16.2. The standard InChI is InChI=1S/C20H23N3O2/c1-14-9-11-16(12-10-14)21-17-6-3-4-7-18(17)22-20(25)19-8-5-13-23(19)15(2)24/h3-4,6-7,9-12,19,21H,5,8,13H2,1-2H3,(H,22,25)/t19-/m0/s1. The first-order valence-corrected chi connectivity index (χ1v) is 8.55. The summed E-state index contributed by atoms with van der Waals surface area (Å²) in [6.45, 7) is 4.20. The predicted molar refractivity (Wildman–Crippen MR) is 99.9 cm³/mol. The van der Waals surface area contributed by atoms with E-state index in [0.717, 1.165) is 17.8 Å². The number of benzene rings is 2. The van der Waals surface area contributed by atoms with Gasteiger partial charge in [-0.05, 0) is 44.0 Å². The third kappa shape index (κ3) is 3.99. The minimum absolute atomic E-state index is 0.0521. The molecule has 1 aliphatic rings. The van der Waals surface area contributed by atoms with Gasteiger partial charge in [0.25, 0.3) is 0 Å². The van der Waals surface area contributed by atoms with Crippen molar-refractivity contribution in [2.24, 2.45) is 0 Å². The number of nitrogens with one attached hydrogen (secondary N) is 2. The third-order valence-electron chi connectivity index (χ3n) is 4.48. The zero-order chi connectivity index (χ0) is 17.8. The minimum atomic E-state index is -0.384. The van der Waals surface area contributed by atoms with Gasteiger partial charge in [-0.1, -0.05) is 29.8 Å². The normalized spacial score (nSPS) is 16.6. The molecule has 5 heteroatoms. The van der Waals surface area contributed by atoms with Crippen molar-refractivity contribution in [2.75, 3.05) is 17.2 Å². The molecule has 0 radical (unpaired) electrons. The summed E-state index contributed by atoms with van der Waals surface area (Å²) in [6.07, 6.45) is 1.57. The molecule has 0 bridgehead atoms. The predicted octanol–water partition coefficient (Wildman–Crippen LogP) is 3.69. The van der Waals surface area contributed by atoms with Crippen LogP contribution in [0.4, 0.5) is 17.1 Å². The van der Waals surface area contributed by atoms with Gasteiger partial charge >= 0.3 is 0 Å². The van der Waals surface area contributed by atoms with Crippen LogP contribution < -0.4 is 10.6 Å². The number of aryl methyl sites for hydroxylation is 1. The summed E-state index contributed by atoms with van der Waals surface area (Å²) < 4.78 is 0. The molecule has 0 aromatic heterocycles. The van der Waals surface area contributed by atoms with Crippen LogP contribution in [-0.2, 0) is 9.59 Å². The Balaban J connectivity index is 1.75. The molecule has 2 amide bonds. The number of rotatable bonds is 4. The van der Waals surface area contributed by atoms with Crippen molar-refractivity contribution in [3.63, 3.8) is 0 Å². The summed E-state index contributed by atoms with van der Waals surface area (Å²) in [6, 6.07) is 15.3. The molecule has 1 atom stereocenters. The van der Waals surface area contributed by atoms with Crippen LogP contribution in [0.15, 0.2) is 48.5 Å². The molecule has 2 N–H and O–H groups in total. The number of carbonyl (C=O) groups is 2. The molecular formula is C20H23N3O2. The maximum absolute atomic E-state index is 12.6. The van der Waals surface area contributed by atoms with E-state index in [-0.39, 0.29) is 17.9 Å². The van der Waals surface area contributed by atoms with Gasteiger partial charge in [0.1, 0.15) is 6.04 Å². The molecule has 1 heterocycles. The highest BCUT2D eigenvalue weighted by Gasteiger charge is 2.32. The highest BCUT2D eigenvalue weighted by molar-refractivity contribution is 5.99. The van der Waals surface area contributed by atoms with Crippen molar-refractivity contribution in [1.29, 1.82) is 0 Å². The van der Waals surface area contributed by atoms with Crippen molar-refractivity contribution in [2.45, 2.75) is 32.7 Å². The Labute approximate surface area is 148 Å². The van der Waals surface area contributed by atoms with Gasteiger partial charge in [0.2, 0.25) is 11.8 Å². The van der Waals surface area contributed by atoms with Crippen molar-refractivity contribution < 1.29 is 9.59 Å². The number of carbonyl (C=O) groups excluding carboxylic acids is 2. The molecule has 0 saturated carbocycles. The first-order chi connectivity index (χ1) is 12.0. The highest BCUT2D eigenvalue weighted by Crippen LogP contribution is 2.27. The van der Waals surface area contributed by atoms with Gasteiger partial charge < -0.3 is 15.5 Å². The number of hydrogen-bond acceptors (Lipinski definition) is 3. The van der Waals surface area contributed by atoms with Gasteiger partial charge in [-0.15, -0.1) is 0 Å². The average Bonchev–Trinajstić information content (AvgIpc) is 3.09. The van der Waals surface area contributed by atoms with Crippen LogP contribution in [0, 0.1) is 6.92 Å². The van der Waals surface area contributed by atoms with E-state index in [2.05, 4.69) is 10.6 Å². The second-order valence-electron chi connectivity index (χ2n) is 6.40. The summed E-state index contributed by atoms with van der Waals surface area (Å²) in [5.41, 5.74) is 3.69. The van der Waals surface area contributed by atoms with E-state index in [0.29, 0.717) is 18.7 Å². The summed E-state index contributed by atoms with van der Waals surface area (Å²) in [5.74, 6) is -0.186. The number of nitrogens with zero attached hydrogens (tertiary/aromatic N) is 1. The Morgan fingerprint density at radius 1 is 1.04 bits per heavy atom. The largest absolute Gasteiger partial charge is 0.354 e. The Hall–Kier alpha value is -2.82. The van der Waals surface area contributed by atoms with Crippen molar-refractivity contribution >= 4 is 28.9 Å². The number of likely N-dealkylation sites (tertiary alicyclic amines) is 1. The smallest absolute Gasteiger partial charge is 0.247 e. The van der Waals surface area contributed by atoms with Crippen molar-refractivity contribution in [3.8, 4) is 0 Å². The molecule has 0 unspecified atom stereocenters. The van der Waals surface area contributed by atoms with Crippen LogP contribution in [0.25, 0.3) is 0 Å². The quantitative estimate of drug-likeness (QED) is 0.894. The first-order valence-electron chi connectivity index (χ1n) is 8.55. The summed E-state index contributed by atoms with van der Waals surface area (Å²) in [7, 11) is 0. The van der Waals surface area contributed by atoms with Crippen LogP contribution in [0.1, 0.15) is 25.3 Å². The fourth-order valence-corrected chi connectivity index (χ4v) is 3.13. The van der Waals surface area contributed by atoms with E-state index in [9.17, 15) is 9.59 Å². The molecule has 0 spiro atoms. The molecule has 1 aliphatic heterocycles. The van der Waals surface area contributed by atoms with Crippen LogP contribution in [0.3, 0.4) is 0 Å². The van der Waals surface area contributed by atoms with Gasteiger partial charge in [0, 0.05) is 19.2 Å². The molecule has 5 nitrogen and oxygen atoms in total. The maximum Gasteiger partial charge on any atom is 0.247 e. The van der Waals surface area contributed by atoms with Gasteiger partial charge in [-0.3, -0.25) is 9.59 Å². The SMILES string of the molecule is CC(=O)N1CCC[C@H]1C(=O)Nc1ccccc1Nc1ccc(C)cc1. The maximum atomic E-state index is 12.6. The Morgan fingerprint density at radius 2 is 1.72 bits per heavy atom. The molecular weight excluding hydrogens is 314 g/mol. The van der Waals surface area contributed by atoms with Crippen molar-refractivity contribution in [1.82, 2.24) is 4.90 Å². The van der Waals surface area contributed by atoms with E-state index in [4.69, 9.17) is 0 Å². The van der Waals surface area contributed by atoms with E-state index < -0.39 is 0 Å². The lowest BCUT2D eigenvalue weighted by Crippen LogP contribution is -2.42. The summed E-state index contributed by atoms with van der Waals surface area (Å²) in [5, 5.41) is 6.31. The molecule has 0 aliphatic carbocycles. The van der Waals surface area contributed by atoms with Gasteiger partial charge in [-0.2, -0.15) is 0 Å². The van der Waals surface area contributed by atoms with E-state index in [1.165, 1.54) is 12.5 Å². The molecule has 130 valence electrons. The summed E-state index contributed by atoms with van der Waals surface area (Å²) >= 11 is 0. The van der Waals surface area contributed by atoms with Gasteiger partial charge in [0.15, 0.2) is 0 Å². The number of anilines is 3. The molecule has 2 aromatic carbocycles. The van der Waals surface area contributed by atoms with Crippen molar-refractivity contribution in [3.05, 3.63) is 54.1 Å². The Bertz CT molecular complexity index is 771. The second kappa shape index (κ2) is 7.38. The summed E-state index contributed by atoms with van der Waals surface area (Å²) in [4.78, 5) is 26.0. The van der Waals surface area contributed by atoms with Gasteiger partial charge in [0.05, 0.1) is 11.4 Å². The molecule has 3 rings (SSSR count). The molecule has 25 heavy (non-hydrogen) atoms. The van der Waals surface area contributed by atoms with Crippen LogP contribution >= 0.6 is 0 Å². The molecule has 1 saturated heterocycles. The van der Waals surface area contributed by atoms with Crippen LogP contribution in [-0.4, -0.2) is 29.3 Å². The average molecular weight is 337 g/mol. The minimum Gasteiger partial charge on any atom is -0.354 e. The van der Waals surface area contributed by atoms with Crippen LogP contribution in [0.2, 0.25) is 0 Å². The number of amides is 2. The number of hydrogen-bond donors (Lipinski definition) is 2. The lowest BCUT2D eigenvalue weighted by molar-refractivity contribution is -0.134. The first kappa shape index (κ1) is 17.0. The van der Waals surface area contributed by atoms with E-state index in [1.54, 1.807) is 4.90 Å². The van der Waals surface area contributed by atoms with Gasteiger partial charge in [-0.25, -0.2) is 0 Å². The topological polar surface area (TPSA) is 61.4 Å². The monoisotopic (exact) mass is 337 g/mol. The van der Waals surface area contributed by atoms with Crippen LogP contribution in [0.5, 0.6) is 0 Å². The van der Waals surface area contributed by atoms with E-state index in [1.807, 2.05) is 55.5 Å². The van der Waals surface area contributed by atoms with E-state index >= 15 is 0 Å². The zero-order valence-electron chi connectivity index (χ0n) is 14.6. The lowest BCUT2D eigenvalue weighted by Gasteiger charge is -2.23. The lowest BCUT2D eigenvalue weighted by atomic mass is 10.1. The fraction of sp³-hybridized carbons (Fsp3) is 0.300.